The molecular formula is C20H14Cl2O3. The summed E-state index contributed by atoms with van der Waals surface area (Å²) in [6, 6.07) is 15.7. The highest BCUT2D eigenvalue weighted by atomic mass is 35.5. The van der Waals surface area contributed by atoms with Crippen molar-refractivity contribution in [1.29, 1.82) is 0 Å². The lowest BCUT2D eigenvalue weighted by Gasteiger charge is -2.02. The normalized spacial score (nSPS) is 11.0. The fourth-order valence-corrected chi connectivity index (χ4v) is 2.90. The van der Waals surface area contributed by atoms with Crippen molar-refractivity contribution in [3.05, 3.63) is 82.0 Å². The summed E-state index contributed by atoms with van der Waals surface area (Å²) in [6.45, 7) is 0. The van der Waals surface area contributed by atoms with Gasteiger partial charge in [0.15, 0.2) is 5.78 Å². The van der Waals surface area contributed by atoms with E-state index in [-0.39, 0.29) is 5.78 Å². The highest BCUT2D eigenvalue weighted by Gasteiger charge is 2.12. The number of hydrogen-bond acceptors (Lipinski definition) is 3. The van der Waals surface area contributed by atoms with Gasteiger partial charge in [0.25, 0.3) is 0 Å². The molecule has 5 heteroatoms. The molecule has 0 saturated heterocycles. The Balaban J connectivity index is 1.78. The first kappa shape index (κ1) is 17.3. The summed E-state index contributed by atoms with van der Waals surface area (Å²) in [5.74, 6) is 1.66. The molecule has 2 aromatic carbocycles. The van der Waals surface area contributed by atoms with Crippen LogP contribution in [0.15, 0.2) is 65.1 Å². The number of ketones is 1. The summed E-state index contributed by atoms with van der Waals surface area (Å²) in [5.41, 5.74) is 1.20. The molecule has 3 rings (SSSR count). The molecule has 3 aromatic rings. The van der Waals surface area contributed by atoms with Gasteiger partial charge in [0, 0.05) is 5.56 Å². The van der Waals surface area contributed by atoms with Crippen LogP contribution in [0, 0.1) is 0 Å². The Kier molecular flexibility index (Phi) is 5.27. The number of allylic oxidation sites excluding steroid dienone is 1. The maximum absolute atomic E-state index is 12.2. The third-order valence-corrected chi connectivity index (χ3v) is 4.24. The SMILES string of the molecule is COc1ccc(C(=O)C=Cc2ccc(-c3c(Cl)cccc3Cl)o2)cc1. The van der Waals surface area contributed by atoms with E-state index in [1.54, 1.807) is 67.8 Å². The third-order valence-electron chi connectivity index (χ3n) is 3.61. The predicted octanol–water partition coefficient (Wildman–Crippen LogP) is 6.16. The van der Waals surface area contributed by atoms with Crippen molar-refractivity contribution in [3.8, 4) is 17.1 Å². The molecule has 1 heterocycles. The summed E-state index contributed by atoms with van der Waals surface area (Å²) < 4.78 is 10.8. The van der Waals surface area contributed by atoms with Crippen LogP contribution in [0.4, 0.5) is 0 Å². The Hall–Kier alpha value is -2.49. The lowest BCUT2D eigenvalue weighted by atomic mass is 10.1. The number of ether oxygens (including phenoxy) is 1. The van der Waals surface area contributed by atoms with Crippen molar-refractivity contribution in [2.24, 2.45) is 0 Å². The van der Waals surface area contributed by atoms with E-state index in [1.807, 2.05) is 0 Å². The first-order valence-electron chi connectivity index (χ1n) is 7.49. The van der Waals surface area contributed by atoms with Crippen LogP contribution in [0.2, 0.25) is 10.0 Å². The monoisotopic (exact) mass is 372 g/mol. The number of furan rings is 1. The second-order valence-electron chi connectivity index (χ2n) is 5.22. The zero-order chi connectivity index (χ0) is 17.8. The molecule has 25 heavy (non-hydrogen) atoms. The summed E-state index contributed by atoms with van der Waals surface area (Å²) in [7, 11) is 1.58. The van der Waals surface area contributed by atoms with Crippen LogP contribution >= 0.6 is 23.2 Å². The Morgan fingerprint density at radius 3 is 2.32 bits per heavy atom. The largest absolute Gasteiger partial charge is 0.497 e. The molecule has 0 aliphatic rings. The van der Waals surface area contributed by atoms with Gasteiger partial charge < -0.3 is 9.15 Å². The van der Waals surface area contributed by atoms with Crippen LogP contribution < -0.4 is 4.74 Å². The minimum Gasteiger partial charge on any atom is -0.497 e. The molecule has 0 saturated carbocycles. The second-order valence-corrected chi connectivity index (χ2v) is 6.04. The van der Waals surface area contributed by atoms with Crippen molar-refractivity contribution >= 4 is 35.1 Å². The number of rotatable bonds is 5. The van der Waals surface area contributed by atoms with Crippen molar-refractivity contribution in [2.45, 2.75) is 0 Å². The van der Waals surface area contributed by atoms with Gasteiger partial charge in [-0.1, -0.05) is 29.3 Å². The summed E-state index contributed by atoms with van der Waals surface area (Å²) in [5, 5.41) is 1.01. The van der Waals surface area contributed by atoms with Crippen molar-refractivity contribution in [1.82, 2.24) is 0 Å². The number of carbonyl (C=O) groups is 1. The topological polar surface area (TPSA) is 39.4 Å². The average molecular weight is 373 g/mol. The van der Waals surface area contributed by atoms with Crippen LogP contribution in [0.25, 0.3) is 17.4 Å². The van der Waals surface area contributed by atoms with Gasteiger partial charge in [0.1, 0.15) is 17.3 Å². The van der Waals surface area contributed by atoms with Crippen LogP contribution in [0.5, 0.6) is 5.75 Å². The molecule has 0 amide bonds. The molecule has 0 N–H and O–H groups in total. The van der Waals surface area contributed by atoms with Crippen molar-refractivity contribution in [2.75, 3.05) is 7.11 Å². The second kappa shape index (κ2) is 7.60. The average Bonchev–Trinajstić information content (AvgIpc) is 3.08. The van der Waals surface area contributed by atoms with E-state index in [9.17, 15) is 4.79 Å². The molecule has 1 aromatic heterocycles. The zero-order valence-electron chi connectivity index (χ0n) is 13.3. The molecule has 0 aliphatic carbocycles. The fraction of sp³-hybridized carbons (Fsp3) is 0.0500. The number of benzene rings is 2. The van der Waals surface area contributed by atoms with Gasteiger partial charge in [-0.05, 0) is 60.7 Å². The van der Waals surface area contributed by atoms with Gasteiger partial charge in [-0.3, -0.25) is 4.79 Å². The first-order chi connectivity index (χ1) is 12.1. The molecule has 126 valence electrons. The molecule has 0 bridgehead atoms. The first-order valence-corrected chi connectivity index (χ1v) is 8.25. The number of methoxy groups -OCH3 is 1. The predicted molar refractivity (Wildman–Crippen MR) is 101 cm³/mol. The molecule has 0 radical (unpaired) electrons. The molecular weight excluding hydrogens is 359 g/mol. The lowest BCUT2D eigenvalue weighted by Crippen LogP contribution is -1.93. The highest BCUT2D eigenvalue weighted by molar-refractivity contribution is 6.39. The van der Waals surface area contributed by atoms with Gasteiger partial charge >= 0.3 is 0 Å². The summed E-state index contributed by atoms with van der Waals surface area (Å²) in [4.78, 5) is 12.2. The van der Waals surface area contributed by atoms with Crippen molar-refractivity contribution < 1.29 is 13.9 Å². The molecule has 0 fully saturated rings. The summed E-state index contributed by atoms with van der Waals surface area (Å²) in [6.07, 6.45) is 3.07. The Bertz CT molecular complexity index is 904. The maximum Gasteiger partial charge on any atom is 0.185 e. The Morgan fingerprint density at radius 1 is 1.00 bits per heavy atom. The zero-order valence-corrected chi connectivity index (χ0v) is 14.8. The van der Waals surface area contributed by atoms with E-state index in [0.717, 1.165) is 0 Å². The molecule has 0 spiro atoms. The van der Waals surface area contributed by atoms with Crippen LogP contribution in [0.3, 0.4) is 0 Å². The number of halogens is 2. The standard InChI is InChI=1S/C20H14Cl2O3/c1-24-14-7-5-13(6-8-14)18(23)11-9-15-10-12-19(25-15)20-16(21)3-2-4-17(20)22/h2-12H,1H3. The number of hydrogen-bond donors (Lipinski definition) is 0. The van der Waals surface area contributed by atoms with Gasteiger partial charge in [-0.25, -0.2) is 0 Å². The third kappa shape index (κ3) is 3.95. The molecule has 0 atom stereocenters. The minimum atomic E-state index is -0.128. The van der Waals surface area contributed by atoms with E-state index in [2.05, 4.69) is 0 Å². The van der Waals surface area contributed by atoms with Gasteiger partial charge in [-0.15, -0.1) is 0 Å². The van der Waals surface area contributed by atoms with E-state index in [4.69, 9.17) is 32.4 Å². The van der Waals surface area contributed by atoms with Crippen LogP contribution in [0.1, 0.15) is 16.1 Å². The van der Waals surface area contributed by atoms with Gasteiger partial charge in [-0.2, -0.15) is 0 Å². The fourth-order valence-electron chi connectivity index (χ4n) is 2.32. The lowest BCUT2D eigenvalue weighted by molar-refractivity contribution is 0.104. The van der Waals surface area contributed by atoms with E-state index in [0.29, 0.717) is 38.4 Å². The van der Waals surface area contributed by atoms with E-state index < -0.39 is 0 Å². The quantitative estimate of drug-likeness (QED) is 0.397. The smallest absolute Gasteiger partial charge is 0.185 e. The maximum atomic E-state index is 12.2. The molecule has 0 unspecified atom stereocenters. The molecule has 3 nitrogen and oxygen atoms in total. The highest BCUT2D eigenvalue weighted by Crippen LogP contribution is 2.35. The van der Waals surface area contributed by atoms with E-state index in [1.165, 1.54) is 6.08 Å². The Labute approximate surface area is 155 Å². The van der Waals surface area contributed by atoms with Crippen LogP contribution in [-0.2, 0) is 0 Å². The van der Waals surface area contributed by atoms with Crippen molar-refractivity contribution in [3.63, 3.8) is 0 Å². The van der Waals surface area contributed by atoms with E-state index >= 15 is 0 Å². The number of carbonyl (C=O) groups excluding carboxylic acids is 1. The minimum absolute atomic E-state index is 0.128. The molecule has 0 aliphatic heterocycles. The summed E-state index contributed by atoms with van der Waals surface area (Å²) >= 11 is 12.4. The Morgan fingerprint density at radius 2 is 1.68 bits per heavy atom. The van der Waals surface area contributed by atoms with Crippen LogP contribution in [-0.4, -0.2) is 12.9 Å². The van der Waals surface area contributed by atoms with Gasteiger partial charge in [0.05, 0.1) is 22.7 Å². The van der Waals surface area contributed by atoms with Gasteiger partial charge in [0.2, 0.25) is 0 Å².